The van der Waals surface area contributed by atoms with E-state index in [1.807, 2.05) is 34.6 Å². The van der Waals surface area contributed by atoms with Gasteiger partial charge in [-0.05, 0) is 170 Å². The minimum Gasteiger partial charge on any atom is -0.512 e. The van der Waals surface area contributed by atoms with Crippen LogP contribution in [0.4, 0.5) is 0 Å². The average molecular weight is 1350 g/mol. The number of aryl methyl sites for hydroxylation is 1. The van der Waals surface area contributed by atoms with Gasteiger partial charge in [-0.1, -0.05) is 224 Å². The monoisotopic (exact) mass is 1350 g/mol. The number of aliphatic hydroxyl groups excluding tert-OH is 1. The summed E-state index contributed by atoms with van der Waals surface area (Å²) in [5, 5.41) is 23.1. The van der Waals surface area contributed by atoms with Gasteiger partial charge >= 0.3 is 0 Å². The minimum absolute atomic E-state index is 0. The van der Waals surface area contributed by atoms with Gasteiger partial charge in [-0.15, -0.1) is 57.3 Å². The topological polar surface area (TPSA) is 63.1 Å². The third-order valence-corrected chi connectivity index (χ3v) is 18.4. The number of rotatable bonds is 11. The van der Waals surface area contributed by atoms with Crippen molar-refractivity contribution < 1.29 is 35.5 Å². The zero-order valence-electron chi connectivity index (χ0n) is 60.0. The standard InChI is InChI=1S/C35H36N.C34H34N.C14H26O2.Ir/c1-21-11-12-25-23(15-21)16-30-29(31(25)20-35(5,6)7)18-24-17-28-22(19-34(2,3)4)9-8-10-26(28)27-13-14-36-33(30)32(24)27;1-33(2,3)19-22-11-9-13-25-26-14-15-35-32-29-16-21-10-7-8-12-24(21)30(20-34(4,5)6)28(29)18-23(31(26)32)17-27(22)25;1-6-11(7-2)12(15)10-13(16)14(5,8-3)9-4;/h8-15,17H,18-20H2,1-7H3;7-15,17H,18-20H2,1-6H3;10-11,16H,6-9H2,1-5H3;/q2*-1;;/b;;13-10-;/i13D,14D;14D,15D;;. The number of carbonyl (C=O) groups excluding carboxylic acids is 1. The van der Waals surface area contributed by atoms with Crippen molar-refractivity contribution in [1.82, 2.24) is 9.97 Å². The van der Waals surface area contributed by atoms with Crippen molar-refractivity contribution >= 4 is 70.4 Å². The summed E-state index contributed by atoms with van der Waals surface area (Å²) in [6.45, 7) is 39.6. The van der Waals surface area contributed by atoms with E-state index >= 15 is 0 Å². The van der Waals surface area contributed by atoms with Crippen molar-refractivity contribution in [1.29, 1.82) is 0 Å². The maximum Gasteiger partial charge on any atom is 0.162 e. The van der Waals surface area contributed by atoms with Crippen LogP contribution in [0.3, 0.4) is 0 Å². The molecule has 0 spiro atoms. The minimum atomic E-state index is -0.248. The number of hydrogen-bond acceptors (Lipinski definition) is 4. The second-order valence-corrected chi connectivity index (χ2v) is 30.5. The van der Waals surface area contributed by atoms with Crippen LogP contribution in [-0.4, -0.2) is 20.9 Å². The van der Waals surface area contributed by atoms with E-state index in [4.69, 9.17) is 15.5 Å². The van der Waals surface area contributed by atoms with E-state index in [1.165, 1.54) is 77.7 Å². The third kappa shape index (κ3) is 13.6. The largest absolute Gasteiger partial charge is 0.512 e. The molecule has 461 valence electrons. The Hall–Kier alpha value is -6.52. The summed E-state index contributed by atoms with van der Waals surface area (Å²) in [4.78, 5) is 21.4. The van der Waals surface area contributed by atoms with Crippen LogP contribution in [0.2, 0.25) is 0 Å². The molecule has 2 heterocycles. The fraction of sp³-hybridized carbons (Fsp3) is 0.410. The first-order chi connectivity index (χ1) is 42.7. The Morgan fingerprint density at radius 1 is 0.545 bits per heavy atom. The van der Waals surface area contributed by atoms with Gasteiger partial charge in [-0.3, -0.25) is 14.8 Å². The quantitative estimate of drug-likeness (QED) is 0.0607. The van der Waals surface area contributed by atoms with Crippen LogP contribution in [0, 0.1) is 52.0 Å². The van der Waals surface area contributed by atoms with E-state index in [9.17, 15) is 9.90 Å². The van der Waals surface area contributed by atoms with Crippen molar-refractivity contribution in [3.63, 3.8) is 0 Å². The predicted molar refractivity (Wildman–Crippen MR) is 374 cm³/mol. The predicted octanol–water partition coefficient (Wildman–Crippen LogP) is 22.7. The van der Waals surface area contributed by atoms with Gasteiger partial charge in [-0.25, -0.2) is 0 Å². The summed E-state index contributed by atoms with van der Waals surface area (Å²) in [5.74, 6) is 0.366. The normalized spacial score (nSPS) is 14.0. The van der Waals surface area contributed by atoms with Gasteiger partial charge in [0, 0.05) is 61.2 Å². The van der Waals surface area contributed by atoms with Crippen LogP contribution in [0.15, 0.2) is 127 Å². The Morgan fingerprint density at radius 3 is 1.42 bits per heavy atom. The van der Waals surface area contributed by atoms with Gasteiger partial charge in [0.1, 0.15) is 5.76 Å². The van der Waals surface area contributed by atoms with Gasteiger partial charge in [0.2, 0.25) is 0 Å². The van der Waals surface area contributed by atoms with Crippen molar-refractivity contribution in [2.75, 3.05) is 0 Å². The Labute approximate surface area is 546 Å². The van der Waals surface area contributed by atoms with Crippen LogP contribution in [0.25, 0.3) is 87.1 Å². The number of fused-ring (bicyclic) bond motifs is 10. The van der Waals surface area contributed by atoms with Gasteiger partial charge in [0.15, 0.2) is 5.78 Å². The number of ketones is 1. The molecule has 0 unspecified atom stereocenters. The number of benzene rings is 8. The number of pyridine rings is 2. The maximum absolute atomic E-state index is 11.9. The summed E-state index contributed by atoms with van der Waals surface area (Å²) >= 11 is 0. The molecule has 88 heavy (non-hydrogen) atoms. The molecule has 2 aromatic heterocycles. The summed E-state index contributed by atoms with van der Waals surface area (Å²) < 4.78 is 35.3. The molecule has 0 bridgehead atoms. The van der Waals surface area contributed by atoms with Gasteiger partial charge in [-0.2, -0.15) is 0 Å². The molecule has 0 atom stereocenters. The van der Waals surface area contributed by atoms with Crippen molar-refractivity contribution in [3.05, 3.63) is 189 Å². The molecule has 4 nitrogen and oxygen atoms in total. The number of nitrogens with zero attached hydrogens (tertiary/aromatic N) is 2. The molecule has 2 aliphatic carbocycles. The van der Waals surface area contributed by atoms with Crippen molar-refractivity contribution in [3.8, 4) is 22.5 Å². The molecule has 0 saturated heterocycles. The van der Waals surface area contributed by atoms with Crippen LogP contribution < -0.4 is 0 Å². The van der Waals surface area contributed by atoms with Crippen LogP contribution in [0.1, 0.15) is 199 Å². The first kappa shape index (κ1) is 60.4. The molecule has 10 aromatic rings. The van der Waals surface area contributed by atoms with Crippen molar-refractivity contribution in [2.45, 2.75) is 189 Å². The molecule has 0 saturated carbocycles. The van der Waals surface area contributed by atoms with Gasteiger partial charge in [0.25, 0.3) is 0 Å². The van der Waals surface area contributed by atoms with E-state index in [0.717, 1.165) is 130 Å². The average Bonchev–Trinajstić information content (AvgIpc) is 0.718. The molecule has 12 rings (SSSR count). The SMILES string of the molecule is CCC(CC)C(=O)/C=C(\O)C(C)(CC)CC.[2H]c1nc2c3c(cc4c(CC(C)(C)C)cccc4c3c1[2H])Cc1c-2[c-]c2cc(C)ccc2c1CC(C)(C)C.[2H]c1nc2c3c(cc4c(CC(C)(C)C)cccc4c3c1[2H])Cc1c-2[c-]c2ccccc2c1CC(C)(C)C.[Ir]. The van der Waals surface area contributed by atoms with Crippen LogP contribution in [0.5, 0.6) is 0 Å². The zero-order chi connectivity index (χ0) is 66.2. The second kappa shape index (κ2) is 25.4. The van der Waals surface area contributed by atoms with Crippen LogP contribution >= 0.6 is 0 Å². The molecule has 0 aliphatic heterocycles. The summed E-state index contributed by atoms with van der Waals surface area (Å²) in [6.07, 6.45) is 10.3. The Morgan fingerprint density at radius 2 is 0.977 bits per heavy atom. The van der Waals surface area contributed by atoms with Crippen LogP contribution in [-0.2, 0) is 63.4 Å². The molecule has 8 aromatic carbocycles. The summed E-state index contributed by atoms with van der Waals surface area (Å²) in [7, 11) is 0. The molecule has 1 radical (unpaired) electrons. The number of carbonyl (C=O) groups is 1. The molecule has 0 amide bonds. The Balaban J connectivity index is 0.000000176. The fourth-order valence-electron chi connectivity index (χ4n) is 13.7. The van der Waals surface area contributed by atoms with E-state index < -0.39 is 0 Å². The van der Waals surface area contributed by atoms with E-state index in [2.05, 4.69) is 193 Å². The first-order valence-corrected chi connectivity index (χ1v) is 32.2. The second-order valence-electron chi connectivity index (χ2n) is 30.5. The number of aromatic nitrogens is 2. The van der Waals surface area contributed by atoms with E-state index in [0.29, 0.717) is 0 Å². The van der Waals surface area contributed by atoms with E-state index in [1.54, 1.807) is 0 Å². The first-order valence-electron chi connectivity index (χ1n) is 34.2. The van der Waals surface area contributed by atoms with Crippen molar-refractivity contribution in [2.24, 2.45) is 33.0 Å². The maximum atomic E-state index is 11.9. The molecule has 5 heteroatoms. The Bertz CT molecular complexity index is 4560. The molecule has 1 N–H and O–H groups in total. The molecule has 0 fully saturated rings. The summed E-state index contributed by atoms with van der Waals surface area (Å²) in [6, 6.07) is 40.7. The molecule has 2 aliphatic rings. The summed E-state index contributed by atoms with van der Waals surface area (Å²) in [5.41, 5.74) is 15.5. The number of allylic oxidation sites excluding steroid dienone is 2. The van der Waals surface area contributed by atoms with E-state index in [-0.39, 0.29) is 89.1 Å². The zero-order valence-corrected chi connectivity index (χ0v) is 58.4. The fourth-order valence-corrected chi connectivity index (χ4v) is 13.7. The Kier molecular flexibility index (Phi) is 17.4. The number of hydrogen-bond donors (Lipinski definition) is 1. The molecular formula is C83H96IrN2O2-2. The number of aliphatic hydroxyl groups is 1. The molecular weight excluding hydrogens is 1250 g/mol. The smallest absolute Gasteiger partial charge is 0.162 e. The third-order valence-electron chi connectivity index (χ3n) is 18.4. The van der Waals surface area contributed by atoms with Gasteiger partial charge in [0.05, 0.1) is 5.48 Å². The van der Waals surface area contributed by atoms with Gasteiger partial charge < -0.3 is 5.11 Å².